The van der Waals surface area contributed by atoms with E-state index in [0.29, 0.717) is 25.7 Å². The van der Waals surface area contributed by atoms with E-state index in [0.717, 1.165) is 154 Å². The number of rotatable bonds is 75. The zero-order chi connectivity index (χ0) is 73.2. The van der Waals surface area contributed by atoms with Crippen molar-refractivity contribution in [3.8, 4) is 0 Å². The fourth-order valence-electron chi connectivity index (χ4n) is 10.7. The number of aliphatic hydroxyl groups excluding tert-OH is 1. The highest BCUT2D eigenvalue weighted by Gasteiger charge is 2.30. The summed E-state index contributed by atoms with van der Waals surface area (Å²) in [6.45, 7) is 4.79. The SMILES string of the molecule is CCCCCC/C=C\C=C/CCCCCCCC(=O)OC[C@H](COP(=O)(O)OC[C@H](O)COP(=O)(O)OC[C@@H](COC(=O)CCCCCCC/C=C\C=C/CCCCCC)OC(=O)CCCCCCC/C=C\CCCCCCCC)OC(=O)CCCCCCC/C=C\C=C/CCCCCC. The first-order valence-corrected chi connectivity index (χ1v) is 42.9. The lowest BCUT2D eigenvalue weighted by Gasteiger charge is -2.21. The highest BCUT2D eigenvalue weighted by atomic mass is 31.2. The first-order chi connectivity index (χ1) is 48.7. The fraction of sp³-hybridized carbons (Fsp3) is 0.778. The molecule has 0 rings (SSSR count). The summed E-state index contributed by atoms with van der Waals surface area (Å²) < 4.78 is 68.6. The van der Waals surface area contributed by atoms with E-state index in [2.05, 4.69) is 113 Å². The van der Waals surface area contributed by atoms with Gasteiger partial charge in [-0.2, -0.15) is 0 Å². The van der Waals surface area contributed by atoms with Crippen molar-refractivity contribution in [1.29, 1.82) is 0 Å². The summed E-state index contributed by atoms with van der Waals surface area (Å²) >= 11 is 0. The van der Waals surface area contributed by atoms with Crippen LogP contribution in [0.3, 0.4) is 0 Å². The fourth-order valence-corrected chi connectivity index (χ4v) is 12.3. The van der Waals surface area contributed by atoms with E-state index in [9.17, 15) is 43.2 Å². The van der Waals surface area contributed by atoms with Crippen LogP contribution in [0.15, 0.2) is 85.1 Å². The van der Waals surface area contributed by atoms with E-state index in [1.54, 1.807) is 0 Å². The Morgan fingerprint density at radius 1 is 0.280 bits per heavy atom. The van der Waals surface area contributed by atoms with Crippen molar-refractivity contribution < 1.29 is 80.2 Å². The molecule has 17 nitrogen and oxygen atoms in total. The van der Waals surface area contributed by atoms with Crippen LogP contribution >= 0.6 is 15.6 Å². The summed E-state index contributed by atoms with van der Waals surface area (Å²) in [4.78, 5) is 73.0. The van der Waals surface area contributed by atoms with Gasteiger partial charge in [0.05, 0.1) is 26.4 Å². The van der Waals surface area contributed by atoms with Gasteiger partial charge in [0.1, 0.15) is 19.3 Å². The molecule has 19 heteroatoms. The van der Waals surface area contributed by atoms with Crippen LogP contribution in [0.4, 0.5) is 0 Å². The molecule has 0 saturated heterocycles. The number of phosphoric ester groups is 2. The molecule has 0 heterocycles. The second kappa shape index (κ2) is 73.5. The van der Waals surface area contributed by atoms with E-state index in [1.807, 2.05) is 0 Å². The van der Waals surface area contributed by atoms with Gasteiger partial charge >= 0.3 is 39.5 Å². The highest BCUT2D eigenvalue weighted by molar-refractivity contribution is 7.47. The number of phosphoric acid groups is 2. The van der Waals surface area contributed by atoms with Gasteiger partial charge in [0, 0.05) is 25.7 Å². The van der Waals surface area contributed by atoms with Gasteiger partial charge in [0.2, 0.25) is 0 Å². The van der Waals surface area contributed by atoms with Gasteiger partial charge in [-0.15, -0.1) is 0 Å². The quantitative estimate of drug-likeness (QED) is 0.0128. The Kier molecular flexibility index (Phi) is 70.8. The second-order valence-electron chi connectivity index (χ2n) is 26.7. The zero-order valence-corrected chi connectivity index (χ0v) is 65.2. The molecule has 0 fully saturated rings. The van der Waals surface area contributed by atoms with E-state index in [1.165, 1.54) is 116 Å². The first kappa shape index (κ1) is 96.2. The van der Waals surface area contributed by atoms with Crippen LogP contribution in [0.25, 0.3) is 0 Å². The molecule has 0 saturated carbocycles. The van der Waals surface area contributed by atoms with Gasteiger partial charge in [-0.05, 0) is 128 Å². The van der Waals surface area contributed by atoms with Gasteiger partial charge in [-0.1, -0.05) is 280 Å². The molecule has 0 aliphatic carbocycles. The van der Waals surface area contributed by atoms with Gasteiger partial charge < -0.3 is 33.8 Å². The Morgan fingerprint density at radius 2 is 0.490 bits per heavy atom. The molecule has 5 atom stereocenters. The van der Waals surface area contributed by atoms with E-state index in [4.69, 9.17) is 37.0 Å². The van der Waals surface area contributed by atoms with Crippen LogP contribution in [-0.2, 0) is 65.4 Å². The molecule has 100 heavy (non-hydrogen) atoms. The molecule has 0 spiro atoms. The van der Waals surface area contributed by atoms with Crippen molar-refractivity contribution in [3.05, 3.63) is 85.1 Å². The monoisotopic (exact) mass is 1450 g/mol. The minimum Gasteiger partial charge on any atom is -0.462 e. The lowest BCUT2D eigenvalue weighted by atomic mass is 10.1. The van der Waals surface area contributed by atoms with Gasteiger partial charge in [-0.3, -0.25) is 37.3 Å². The van der Waals surface area contributed by atoms with Crippen LogP contribution in [0, 0.1) is 0 Å². The average molecular weight is 1450 g/mol. The maximum absolute atomic E-state index is 13.1. The molecule has 0 bridgehead atoms. The average Bonchev–Trinajstić information content (AvgIpc) is 1.01. The van der Waals surface area contributed by atoms with E-state index in [-0.39, 0.29) is 25.7 Å². The predicted octanol–water partition coefficient (Wildman–Crippen LogP) is 23.0. The smallest absolute Gasteiger partial charge is 0.462 e. The van der Waals surface area contributed by atoms with Crippen LogP contribution in [0.1, 0.15) is 349 Å². The molecule has 0 aliphatic heterocycles. The number of aliphatic hydroxyl groups is 1. The molecule has 580 valence electrons. The predicted molar refractivity (Wildman–Crippen MR) is 409 cm³/mol. The van der Waals surface area contributed by atoms with Gasteiger partial charge in [-0.25, -0.2) is 9.13 Å². The number of hydrogen-bond acceptors (Lipinski definition) is 15. The minimum absolute atomic E-state index is 0.0749. The van der Waals surface area contributed by atoms with Crippen molar-refractivity contribution in [1.82, 2.24) is 0 Å². The summed E-state index contributed by atoms with van der Waals surface area (Å²) in [6.07, 6.45) is 75.5. The van der Waals surface area contributed by atoms with Gasteiger partial charge in [0.15, 0.2) is 12.2 Å². The number of hydrogen-bond donors (Lipinski definition) is 3. The molecule has 0 aromatic heterocycles. The van der Waals surface area contributed by atoms with Crippen LogP contribution in [0.2, 0.25) is 0 Å². The molecule has 2 unspecified atom stereocenters. The summed E-state index contributed by atoms with van der Waals surface area (Å²) in [5, 5.41) is 10.6. The zero-order valence-electron chi connectivity index (χ0n) is 63.4. The van der Waals surface area contributed by atoms with Crippen molar-refractivity contribution in [3.63, 3.8) is 0 Å². The van der Waals surface area contributed by atoms with E-state index >= 15 is 0 Å². The second-order valence-corrected chi connectivity index (χ2v) is 29.6. The maximum Gasteiger partial charge on any atom is 0.472 e. The lowest BCUT2D eigenvalue weighted by Crippen LogP contribution is -2.30. The molecular weight excluding hydrogens is 1310 g/mol. The normalized spacial score (nSPS) is 14.3. The number of esters is 4. The standard InChI is InChI=1S/C81H144O17P2/c1-5-9-13-17-21-25-29-33-37-41-45-49-53-57-61-65-78(83)91-71-76(97-80(85)67-63-59-55-51-47-43-39-35-31-27-23-19-15-11-7-3)73-95-99(87,88)93-69-75(82)70-94-100(89,90)96-74-77(98-81(86)68-64-60-56-52-48-44-40-36-32-28-24-20-16-12-8-4)72-92-79(84)66-62-58-54-50-46-42-38-34-30-26-22-18-14-10-6-2/h25-27,29-31,33-40,75-77,82H,5-24,28,32,41-74H2,1-4H3,(H,87,88)(H,89,90)/b29-25-,30-26-,31-27-,37-33-,38-34-,39-35-,40-36-/t75-,76+,77+/m0/s1. The number of unbranched alkanes of at least 4 members (excludes halogenated alkanes) is 38. The van der Waals surface area contributed by atoms with E-state index < -0.39 is 97.5 Å². The Balaban J connectivity index is 5.39. The molecule has 0 aromatic rings. The topological polar surface area (TPSA) is 237 Å². The largest absolute Gasteiger partial charge is 0.472 e. The lowest BCUT2D eigenvalue weighted by molar-refractivity contribution is -0.161. The molecule has 3 N–H and O–H groups in total. The third kappa shape index (κ3) is 72.6. The Bertz CT molecular complexity index is 2230. The minimum atomic E-state index is -4.98. The van der Waals surface area contributed by atoms with Crippen LogP contribution < -0.4 is 0 Å². The number of carbonyl (C=O) groups is 4. The Labute approximate surface area is 608 Å². The molecular formula is C81H144O17P2. The number of allylic oxidation sites excluding steroid dienone is 14. The third-order valence-electron chi connectivity index (χ3n) is 16.9. The maximum atomic E-state index is 13.1. The summed E-state index contributed by atoms with van der Waals surface area (Å²) in [7, 11) is -9.96. The Morgan fingerprint density at radius 3 is 0.760 bits per heavy atom. The Hall–Kier alpha value is -3.76. The summed E-state index contributed by atoms with van der Waals surface area (Å²) in [6, 6.07) is 0. The van der Waals surface area contributed by atoms with Gasteiger partial charge in [0.25, 0.3) is 0 Å². The van der Waals surface area contributed by atoms with Crippen LogP contribution in [-0.4, -0.2) is 96.7 Å². The molecule has 0 aliphatic rings. The summed E-state index contributed by atoms with van der Waals surface area (Å²) in [5.41, 5.74) is 0. The van der Waals surface area contributed by atoms with Crippen LogP contribution in [0.5, 0.6) is 0 Å². The molecule has 0 aromatic carbocycles. The highest BCUT2D eigenvalue weighted by Crippen LogP contribution is 2.45. The van der Waals surface area contributed by atoms with Crippen molar-refractivity contribution in [2.75, 3.05) is 39.6 Å². The first-order valence-electron chi connectivity index (χ1n) is 39.9. The van der Waals surface area contributed by atoms with Crippen molar-refractivity contribution in [2.24, 2.45) is 0 Å². The van der Waals surface area contributed by atoms with Crippen molar-refractivity contribution >= 4 is 39.5 Å². The summed E-state index contributed by atoms with van der Waals surface area (Å²) in [5.74, 6) is -2.22. The molecule has 0 radical (unpaired) electrons. The number of ether oxygens (including phenoxy) is 4. The van der Waals surface area contributed by atoms with Crippen molar-refractivity contribution in [2.45, 2.75) is 367 Å². The molecule has 0 amide bonds. The third-order valence-corrected chi connectivity index (χ3v) is 18.8. The number of carbonyl (C=O) groups excluding carboxylic acids is 4.